The van der Waals surface area contributed by atoms with E-state index in [-0.39, 0.29) is 6.04 Å². The van der Waals surface area contributed by atoms with Crippen LogP contribution in [0.4, 0.5) is 0 Å². The van der Waals surface area contributed by atoms with Crippen LogP contribution in [-0.2, 0) is 0 Å². The van der Waals surface area contributed by atoms with Crippen LogP contribution in [-0.4, -0.2) is 0 Å². The first kappa shape index (κ1) is 9.96. The average molecular weight is 246 g/mol. The molecule has 0 spiro atoms. The number of hydrogen-bond donors (Lipinski definition) is 1. The highest BCUT2D eigenvalue weighted by molar-refractivity contribution is 9.11. The van der Waals surface area contributed by atoms with Crippen LogP contribution in [0.5, 0.6) is 0 Å². The molecular formula is C9H12BrNS. The lowest BCUT2D eigenvalue weighted by Gasteiger charge is -2.07. The summed E-state index contributed by atoms with van der Waals surface area (Å²) < 4.78 is 1.13. The molecule has 0 bridgehead atoms. The van der Waals surface area contributed by atoms with Crippen molar-refractivity contribution in [2.24, 2.45) is 5.73 Å². The van der Waals surface area contributed by atoms with Crippen molar-refractivity contribution in [3.63, 3.8) is 0 Å². The molecule has 1 atom stereocenters. The van der Waals surface area contributed by atoms with Gasteiger partial charge in [0.1, 0.15) is 0 Å². The summed E-state index contributed by atoms with van der Waals surface area (Å²) in [6.45, 7) is 5.84. The van der Waals surface area contributed by atoms with Crippen molar-refractivity contribution in [2.75, 3.05) is 0 Å². The van der Waals surface area contributed by atoms with Crippen LogP contribution in [0, 0.1) is 0 Å². The highest BCUT2D eigenvalue weighted by atomic mass is 79.9. The van der Waals surface area contributed by atoms with E-state index in [4.69, 9.17) is 5.73 Å². The van der Waals surface area contributed by atoms with Gasteiger partial charge in [-0.15, -0.1) is 17.9 Å². The molecule has 0 saturated carbocycles. The van der Waals surface area contributed by atoms with Crippen molar-refractivity contribution < 1.29 is 0 Å². The standard InChI is InChI=1S/C9H12BrNS/c1-6(2)5-7(11)8-3-4-9(10)12-8/h3-4,7H,1,5,11H2,2H3/t7-/m0/s1. The molecule has 66 valence electrons. The maximum atomic E-state index is 5.94. The fourth-order valence-corrected chi connectivity index (χ4v) is 2.43. The average Bonchev–Trinajstić information content (AvgIpc) is 2.34. The summed E-state index contributed by atoms with van der Waals surface area (Å²) in [5.41, 5.74) is 7.07. The van der Waals surface area contributed by atoms with Gasteiger partial charge in [-0.25, -0.2) is 0 Å². The van der Waals surface area contributed by atoms with Gasteiger partial charge in [0.05, 0.1) is 3.79 Å². The van der Waals surface area contributed by atoms with Gasteiger partial charge in [-0.2, -0.15) is 0 Å². The highest BCUT2D eigenvalue weighted by Crippen LogP contribution is 2.28. The zero-order valence-corrected chi connectivity index (χ0v) is 9.41. The van der Waals surface area contributed by atoms with Gasteiger partial charge in [-0.05, 0) is 41.4 Å². The van der Waals surface area contributed by atoms with Gasteiger partial charge in [-0.3, -0.25) is 0 Å². The lowest BCUT2D eigenvalue weighted by Crippen LogP contribution is -2.08. The summed E-state index contributed by atoms with van der Waals surface area (Å²) in [6.07, 6.45) is 0.868. The molecule has 0 aromatic carbocycles. The molecule has 1 aromatic rings. The quantitative estimate of drug-likeness (QED) is 0.812. The monoisotopic (exact) mass is 245 g/mol. The van der Waals surface area contributed by atoms with E-state index in [2.05, 4.69) is 28.6 Å². The Kier molecular flexibility index (Phi) is 3.50. The van der Waals surface area contributed by atoms with E-state index in [1.165, 1.54) is 4.88 Å². The van der Waals surface area contributed by atoms with Crippen molar-refractivity contribution in [2.45, 2.75) is 19.4 Å². The van der Waals surface area contributed by atoms with Crippen LogP contribution in [0.15, 0.2) is 28.1 Å². The molecule has 0 amide bonds. The van der Waals surface area contributed by atoms with Gasteiger partial charge >= 0.3 is 0 Å². The molecule has 1 nitrogen and oxygen atoms in total. The number of nitrogens with two attached hydrogens (primary N) is 1. The van der Waals surface area contributed by atoms with E-state index in [1.807, 2.05) is 13.0 Å². The minimum atomic E-state index is 0.110. The summed E-state index contributed by atoms with van der Waals surface area (Å²) in [7, 11) is 0. The van der Waals surface area contributed by atoms with Gasteiger partial charge in [0.25, 0.3) is 0 Å². The summed E-state index contributed by atoms with van der Waals surface area (Å²) >= 11 is 5.10. The highest BCUT2D eigenvalue weighted by Gasteiger charge is 2.07. The molecule has 0 aliphatic carbocycles. The van der Waals surface area contributed by atoms with Gasteiger partial charge in [-0.1, -0.05) is 5.57 Å². The van der Waals surface area contributed by atoms with Crippen LogP contribution >= 0.6 is 27.3 Å². The Morgan fingerprint density at radius 2 is 2.42 bits per heavy atom. The molecular weight excluding hydrogens is 234 g/mol. The van der Waals surface area contributed by atoms with E-state index >= 15 is 0 Å². The second kappa shape index (κ2) is 4.21. The molecule has 0 unspecified atom stereocenters. The molecule has 1 rings (SSSR count). The molecule has 0 aliphatic heterocycles. The summed E-state index contributed by atoms with van der Waals surface area (Å²) in [5, 5.41) is 0. The summed E-state index contributed by atoms with van der Waals surface area (Å²) in [5.74, 6) is 0. The molecule has 1 heterocycles. The number of thiophene rings is 1. The van der Waals surface area contributed by atoms with E-state index in [9.17, 15) is 0 Å². The van der Waals surface area contributed by atoms with Crippen molar-refractivity contribution >= 4 is 27.3 Å². The topological polar surface area (TPSA) is 26.0 Å². The van der Waals surface area contributed by atoms with Crippen molar-refractivity contribution in [3.8, 4) is 0 Å². The van der Waals surface area contributed by atoms with Gasteiger partial charge in [0.2, 0.25) is 0 Å². The van der Waals surface area contributed by atoms with Gasteiger partial charge in [0, 0.05) is 10.9 Å². The molecule has 12 heavy (non-hydrogen) atoms. The third-order valence-electron chi connectivity index (χ3n) is 1.53. The maximum Gasteiger partial charge on any atom is 0.0701 e. The second-order valence-corrected chi connectivity index (χ2v) is 5.40. The summed E-state index contributed by atoms with van der Waals surface area (Å²) in [6, 6.07) is 4.19. The van der Waals surface area contributed by atoms with E-state index in [0.29, 0.717) is 0 Å². The number of hydrogen-bond acceptors (Lipinski definition) is 2. The van der Waals surface area contributed by atoms with Crippen molar-refractivity contribution in [1.82, 2.24) is 0 Å². The van der Waals surface area contributed by atoms with Crippen LogP contribution in [0.1, 0.15) is 24.3 Å². The minimum absolute atomic E-state index is 0.110. The minimum Gasteiger partial charge on any atom is -0.323 e. The van der Waals surface area contributed by atoms with E-state index in [1.54, 1.807) is 11.3 Å². The van der Waals surface area contributed by atoms with Gasteiger partial charge in [0.15, 0.2) is 0 Å². The first-order valence-electron chi connectivity index (χ1n) is 3.75. The second-order valence-electron chi connectivity index (χ2n) is 2.91. The van der Waals surface area contributed by atoms with Crippen molar-refractivity contribution in [3.05, 3.63) is 32.9 Å². The normalized spacial score (nSPS) is 12.9. The molecule has 0 radical (unpaired) electrons. The van der Waals surface area contributed by atoms with E-state index in [0.717, 1.165) is 15.8 Å². The Morgan fingerprint density at radius 1 is 1.75 bits per heavy atom. The molecule has 0 fully saturated rings. The molecule has 3 heteroatoms. The Hall–Kier alpha value is -0.120. The Morgan fingerprint density at radius 3 is 2.83 bits per heavy atom. The van der Waals surface area contributed by atoms with Crippen LogP contribution in [0.25, 0.3) is 0 Å². The summed E-state index contributed by atoms with van der Waals surface area (Å²) in [4.78, 5) is 1.21. The predicted octanol–water partition coefficient (Wildman–Crippen LogP) is 3.48. The SMILES string of the molecule is C=C(C)C[C@H](N)c1ccc(Br)s1. The first-order chi connectivity index (χ1) is 5.59. The largest absolute Gasteiger partial charge is 0.323 e. The first-order valence-corrected chi connectivity index (χ1v) is 5.35. The molecule has 0 saturated heterocycles. The lowest BCUT2D eigenvalue weighted by molar-refractivity contribution is 0.731. The fraction of sp³-hybridized carbons (Fsp3) is 0.333. The zero-order valence-electron chi connectivity index (χ0n) is 7.01. The third-order valence-corrected chi connectivity index (χ3v) is 3.28. The lowest BCUT2D eigenvalue weighted by atomic mass is 10.1. The molecule has 2 N–H and O–H groups in total. The Bertz CT molecular complexity index is 280. The fourth-order valence-electron chi connectivity index (χ4n) is 1.00. The zero-order chi connectivity index (χ0) is 9.14. The Balaban J connectivity index is 2.64. The number of rotatable bonds is 3. The van der Waals surface area contributed by atoms with E-state index < -0.39 is 0 Å². The van der Waals surface area contributed by atoms with Crippen LogP contribution in [0.3, 0.4) is 0 Å². The van der Waals surface area contributed by atoms with Gasteiger partial charge < -0.3 is 5.73 Å². The van der Waals surface area contributed by atoms with Crippen LogP contribution in [0.2, 0.25) is 0 Å². The van der Waals surface area contributed by atoms with Crippen LogP contribution < -0.4 is 5.73 Å². The maximum absolute atomic E-state index is 5.94. The van der Waals surface area contributed by atoms with Crippen molar-refractivity contribution in [1.29, 1.82) is 0 Å². The smallest absolute Gasteiger partial charge is 0.0701 e. The Labute approximate surface area is 85.4 Å². The number of halogens is 1. The molecule has 1 aromatic heterocycles. The predicted molar refractivity (Wildman–Crippen MR) is 58.4 cm³/mol. The third kappa shape index (κ3) is 2.73. The molecule has 0 aliphatic rings.